The molecule has 4 N–H and O–H groups in total. The largest absolute Gasteiger partial charge is 0.383 e. The van der Waals surface area contributed by atoms with Crippen molar-refractivity contribution in [2.24, 2.45) is 30.5 Å². The molecule has 1 aliphatic heterocycles. The van der Waals surface area contributed by atoms with Gasteiger partial charge in [0.1, 0.15) is 5.82 Å². The summed E-state index contributed by atoms with van der Waals surface area (Å²) in [7, 11) is 1.82. The first-order valence-corrected chi connectivity index (χ1v) is 13.7. The van der Waals surface area contributed by atoms with Gasteiger partial charge in [0, 0.05) is 35.9 Å². The van der Waals surface area contributed by atoms with Crippen LogP contribution in [0, 0.1) is 24.7 Å². The number of piperidine rings is 1. The van der Waals surface area contributed by atoms with Gasteiger partial charge < -0.3 is 16.4 Å². The molecule has 3 fully saturated rings. The summed E-state index contributed by atoms with van der Waals surface area (Å²) in [6.07, 6.45) is 6.25. The molecule has 1 amide bonds. The Balaban J connectivity index is 1.28. The molecular weight excluding hydrogens is 474 g/mol. The summed E-state index contributed by atoms with van der Waals surface area (Å²) < 4.78 is 1.66. The van der Waals surface area contributed by atoms with Gasteiger partial charge in [-0.2, -0.15) is 5.10 Å². The first-order valence-electron chi connectivity index (χ1n) is 13.3. The number of aryl methyl sites for hydroxylation is 2. The lowest BCUT2D eigenvalue weighted by Gasteiger charge is -2.35. The third kappa shape index (κ3) is 4.56. The summed E-state index contributed by atoms with van der Waals surface area (Å²) >= 11 is 6.35. The zero-order valence-electron chi connectivity index (χ0n) is 21.5. The van der Waals surface area contributed by atoms with Gasteiger partial charge in [-0.1, -0.05) is 30.7 Å². The minimum Gasteiger partial charge on any atom is -0.383 e. The number of hydrogen-bond acceptors (Lipinski definition) is 5. The summed E-state index contributed by atoms with van der Waals surface area (Å²) in [5.74, 6) is 1.56. The van der Waals surface area contributed by atoms with Crippen LogP contribution in [0.4, 0.5) is 5.82 Å². The lowest BCUT2D eigenvalue weighted by Crippen LogP contribution is -2.43. The van der Waals surface area contributed by atoms with E-state index in [-0.39, 0.29) is 29.4 Å². The molecule has 36 heavy (non-hydrogen) atoms. The predicted molar refractivity (Wildman–Crippen MR) is 142 cm³/mol. The minimum atomic E-state index is -0.345. The lowest BCUT2D eigenvalue weighted by atomic mass is 9.87. The van der Waals surface area contributed by atoms with Crippen LogP contribution in [-0.4, -0.2) is 45.5 Å². The number of fused-ring (bicyclic) bond motifs is 1. The average molecular weight is 512 g/mol. The molecule has 3 atom stereocenters. The first-order chi connectivity index (χ1) is 17.1. The van der Waals surface area contributed by atoms with Gasteiger partial charge in [-0.25, -0.2) is 0 Å². The van der Waals surface area contributed by atoms with Crippen molar-refractivity contribution in [2.75, 3.05) is 18.8 Å². The molecule has 2 aliphatic carbocycles. The highest BCUT2D eigenvalue weighted by Gasteiger charge is 2.46. The Labute approximate surface area is 218 Å². The fourth-order valence-corrected chi connectivity index (χ4v) is 7.19. The third-order valence-electron chi connectivity index (χ3n) is 9.28. The second kappa shape index (κ2) is 9.82. The summed E-state index contributed by atoms with van der Waals surface area (Å²) in [4.78, 5) is 27.8. The van der Waals surface area contributed by atoms with Gasteiger partial charge >= 0.3 is 0 Å². The first kappa shape index (κ1) is 25.3. The number of nitrogens with zero attached hydrogens (tertiary/aromatic N) is 3. The van der Waals surface area contributed by atoms with E-state index < -0.39 is 0 Å². The van der Waals surface area contributed by atoms with Crippen LogP contribution in [0.2, 0.25) is 5.02 Å². The number of nitrogen functional groups attached to an aromatic ring is 1. The molecule has 1 saturated heterocycles. The van der Waals surface area contributed by atoms with Gasteiger partial charge in [-0.3, -0.25) is 14.3 Å². The van der Waals surface area contributed by atoms with Gasteiger partial charge in [-0.15, -0.1) is 0 Å². The van der Waals surface area contributed by atoms with Gasteiger partial charge in [0.05, 0.1) is 11.3 Å². The molecule has 0 bridgehead atoms. The Hall–Kier alpha value is -2.38. The maximum Gasteiger partial charge on any atom is 0.220 e. The predicted octanol–water partition coefficient (Wildman–Crippen LogP) is 4.42. The van der Waals surface area contributed by atoms with Crippen LogP contribution < -0.4 is 11.5 Å². The molecule has 0 radical (unpaired) electrons. The number of halogens is 1. The molecule has 2 aromatic rings. The maximum absolute atomic E-state index is 13.7. The van der Waals surface area contributed by atoms with Gasteiger partial charge in [0.15, 0.2) is 5.78 Å². The van der Waals surface area contributed by atoms with E-state index in [0.29, 0.717) is 34.3 Å². The second-order valence-electron chi connectivity index (χ2n) is 11.4. The van der Waals surface area contributed by atoms with Crippen molar-refractivity contribution in [1.82, 2.24) is 14.7 Å². The Morgan fingerprint density at radius 3 is 2.33 bits per heavy atom. The van der Waals surface area contributed by atoms with E-state index in [4.69, 9.17) is 28.2 Å². The van der Waals surface area contributed by atoms with E-state index in [1.165, 1.54) is 12.8 Å². The van der Waals surface area contributed by atoms with Crippen molar-refractivity contribution in [3.63, 3.8) is 0 Å². The van der Waals surface area contributed by atoms with Gasteiger partial charge in [0.2, 0.25) is 5.91 Å². The standard InChI is InChI=1S/C28H38ClN5O2/c1-15-4-5-18(14-23(15)29)16(2)26(35)24-25(32-33(3)27(24)30)21-10-19-12-22(13-20(19)11-21)34-8-6-17(7-9-34)28(31)36/h4-5,14,16-17,19-22H,6-13,30H2,1-3H3,(H2,31,36). The molecule has 3 unspecified atom stereocenters. The van der Waals surface area contributed by atoms with Gasteiger partial charge in [-0.05, 0) is 87.6 Å². The fraction of sp³-hybridized carbons (Fsp3) is 0.607. The number of benzene rings is 1. The normalized spacial score (nSPS) is 27.8. The number of carbonyl (C=O) groups excluding carboxylic acids is 2. The number of aromatic nitrogens is 2. The van der Waals surface area contributed by atoms with E-state index >= 15 is 0 Å². The maximum atomic E-state index is 13.7. The van der Waals surface area contributed by atoms with Crippen LogP contribution >= 0.6 is 11.6 Å². The van der Waals surface area contributed by atoms with Crippen LogP contribution in [0.3, 0.4) is 0 Å². The molecule has 2 heterocycles. The number of primary amides is 1. The monoisotopic (exact) mass is 511 g/mol. The molecule has 5 rings (SSSR count). The number of ketones is 1. The Kier molecular flexibility index (Phi) is 6.90. The smallest absolute Gasteiger partial charge is 0.220 e. The molecule has 7 nitrogen and oxygen atoms in total. The molecule has 3 aliphatic rings. The quantitative estimate of drug-likeness (QED) is 0.558. The van der Waals surface area contributed by atoms with Crippen LogP contribution in [-0.2, 0) is 11.8 Å². The van der Waals surface area contributed by atoms with E-state index in [9.17, 15) is 9.59 Å². The third-order valence-corrected chi connectivity index (χ3v) is 9.69. The topological polar surface area (TPSA) is 107 Å². The number of anilines is 1. The zero-order chi connectivity index (χ0) is 25.7. The number of rotatable bonds is 6. The van der Waals surface area contributed by atoms with Crippen molar-refractivity contribution in [3.05, 3.63) is 45.6 Å². The van der Waals surface area contributed by atoms with Crippen molar-refractivity contribution in [2.45, 2.75) is 70.3 Å². The van der Waals surface area contributed by atoms with E-state index in [1.807, 2.05) is 39.1 Å². The highest BCUT2D eigenvalue weighted by molar-refractivity contribution is 6.31. The highest BCUT2D eigenvalue weighted by Crippen LogP contribution is 2.52. The Morgan fingerprint density at radius 2 is 1.75 bits per heavy atom. The number of hydrogen-bond donors (Lipinski definition) is 2. The Morgan fingerprint density at radius 1 is 1.11 bits per heavy atom. The molecule has 8 heteroatoms. The van der Waals surface area contributed by atoms with Crippen LogP contribution in [0.5, 0.6) is 0 Å². The van der Waals surface area contributed by atoms with Crippen molar-refractivity contribution in [1.29, 1.82) is 0 Å². The number of likely N-dealkylation sites (tertiary alicyclic amines) is 1. The fourth-order valence-electron chi connectivity index (χ4n) is 7.00. The molecule has 194 valence electrons. The second-order valence-corrected chi connectivity index (χ2v) is 11.8. The summed E-state index contributed by atoms with van der Waals surface area (Å²) in [5.41, 5.74) is 15.3. The van der Waals surface area contributed by atoms with Crippen LogP contribution in [0.25, 0.3) is 0 Å². The highest BCUT2D eigenvalue weighted by atomic mass is 35.5. The number of carbonyl (C=O) groups is 2. The van der Waals surface area contributed by atoms with Crippen LogP contribution in [0.15, 0.2) is 18.2 Å². The lowest BCUT2D eigenvalue weighted by molar-refractivity contribution is -0.123. The van der Waals surface area contributed by atoms with Gasteiger partial charge in [0.25, 0.3) is 0 Å². The van der Waals surface area contributed by atoms with E-state index in [2.05, 4.69) is 4.90 Å². The minimum absolute atomic E-state index is 0.0165. The molecule has 2 saturated carbocycles. The molecule has 1 aromatic heterocycles. The van der Waals surface area contributed by atoms with Crippen molar-refractivity contribution >= 4 is 29.1 Å². The zero-order valence-corrected chi connectivity index (χ0v) is 22.3. The van der Waals surface area contributed by atoms with E-state index in [1.54, 1.807) is 4.68 Å². The summed E-state index contributed by atoms with van der Waals surface area (Å²) in [6.45, 7) is 5.82. The molecule has 0 spiro atoms. The molecule has 1 aromatic carbocycles. The molecular formula is C28H38ClN5O2. The van der Waals surface area contributed by atoms with Crippen LogP contribution in [0.1, 0.15) is 84.5 Å². The number of amides is 1. The summed E-state index contributed by atoms with van der Waals surface area (Å²) in [6, 6.07) is 6.41. The SMILES string of the molecule is Cc1ccc(C(C)C(=O)c2c(C3CC4CC(N5CCC(C(N)=O)CC5)CC4C3)nn(C)c2N)cc1Cl. The number of nitrogens with two attached hydrogens (primary N) is 2. The average Bonchev–Trinajstić information content (AvgIpc) is 3.52. The van der Waals surface area contributed by atoms with Crippen molar-refractivity contribution in [3.8, 4) is 0 Å². The Bertz CT molecular complexity index is 1150. The number of Topliss-reactive ketones (excluding diaryl/α,β-unsaturated/α-hetero) is 1. The van der Waals surface area contributed by atoms with Crippen molar-refractivity contribution < 1.29 is 9.59 Å². The summed E-state index contributed by atoms with van der Waals surface area (Å²) in [5, 5.41) is 5.44. The van der Waals surface area contributed by atoms with E-state index in [0.717, 1.165) is 55.6 Å².